The first-order chi connectivity index (χ1) is 7.24. The highest BCUT2D eigenvalue weighted by molar-refractivity contribution is 5.72. The van der Waals surface area contributed by atoms with Crippen molar-refractivity contribution in [1.82, 2.24) is 0 Å². The molecule has 0 unspecified atom stereocenters. The maximum absolute atomic E-state index is 11.4. The predicted molar refractivity (Wildman–Crippen MR) is 57.3 cm³/mol. The Morgan fingerprint density at radius 3 is 2.60 bits per heavy atom. The fraction of sp³-hybridized carbons (Fsp3) is 0.417. The number of hydrogen-bond donors (Lipinski definition) is 0. The highest BCUT2D eigenvalue weighted by atomic mass is 16.5. The molecule has 15 heavy (non-hydrogen) atoms. The van der Waals surface area contributed by atoms with Crippen LogP contribution in [0, 0.1) is 5.92 Å². The first kappa shape index (κ1) is 11.7. The summed E-state index contributed by atoms with van der Waals surface area (Å²) >= 11 is 0. The van der Waals surface area contributed by atoms with Gasteiger partial charge in [-0.05, 0) is 12.5 Å². The van der Waals surface area contributed by atoms with E-state index in [1.54, 1.807) is 14.0 Å². The van der Waals surface area contributed by atoms with Crippen LogP contribution in [0.1, 0.15) is 12.5 Å². The normalized spacial score (nSPS) is 12.1. The summed E-state index contributed by atoms with van der Waals surface area (Å²) in [6.45, 7) is 2.51. The van der Waals surface area contributed by atoms with Crippen LogP contribution in [-0.4, -0.2) is 19.7 Å². The minimum atomic E-state index is -0.222. The van der Waals surface area contributed by atoms with E-state index in [1.165, 1.54) is 0 Å². The van der Waals surface area contributed by atoms with Crippen molar-refractivity contribution in [2.24, 2.45) is 5.92 Å². The minimum absolute atomic E-state index is 0.210. The van der Waals surface area contributed by atoms with Gasteiger partial charge in [-0.25, -0.2) is 0 Å². The van der Waals surface area contributed by atoms with Gasteiger partial charge in [0.15, 0.2) is 0 Å². The Labute approximate surface area is 90.0 Å². The summed E-state index contributed by atoms with van der Waals surface area (Å²) in [5.74, 6) is -0.431. The Morgan fingerprint density at radius 2 is 2.00 bits per heavy atom. The van der Waals surface area contributed by atoms with Gasteiger partial charge in [-0.15, -0.1) is 0 Å². The van der Waals surface area contributed by atoms with Gasteiger partial charge in [0.05, 0.1) is 12.5 Å². The Morgan fingerprint density at radius 1 is 1.33 bits per heavy atom. The molecular formula is C12H16O3. The molecule has 0 radical (unpaired) electrons. The largest absolute Gasteiger partial charge is 0.461 e. The maximum atomic E-state index is 11.4. The van der Waals surface area contributed by atoms with E-state index in [4.69, 9.17) is 9.47 Å². The second-order valence-corrected chi connectivity index (χ2v) is 3.45. The summed E-state index contributed by atoms with van der Waals surface area (Å²) in [4.78, 5) is 11.4. The fourth-order valence-corrected chi connectivity index (χ4v) is 1.19. The fourth-order valence-electron chi connectivity index (χ4n) is 1.19. The minimum Gasteiger partial charge on any atom is -0.461 e. The van der Waals surface area contributed by atoms with Crippen LogP contribution in [0.3, 0.4) is 0 Å². The predicted octanol–water partition coefficient (Wildman–Crippen LogP) is 2.01. The van der Waals surface area contributed by atoms with Crippen LogP contribution in [0.4, 0.5) is 0 Å². The Kier molecular flexibility index (Phi) is 4.84. The quantitative estimate of drug-likeness (QED) is 0.694. The lowest BCUT2D eigenvalue weighted by Gasteiger charge is -2.10. The number of esters is 1. The SMILES string of the molecule is COC[C@H](C)C(=O)OCc1ccccc1. The number of benzene rings is 1. The van der Waals surface area contributed by atoms with Gasteiger partial charge in [-0.1, -0.05) is 30.3 Å². The molecule has 0 heterocycles. The number of carbonyl (C=O) groups is 1. The van der Waals surface area contributed by atoms with E-state index in [0.29, 0.717) is 13.2 Å². The monoisotopic (exact) mass is 208 g/mol. The summed E-state index contributed by atoms with van der Waals surface area (Å²) in [5.41, 5.74) is 0.996. The lowest BCUT2D eigenvalue weighted by Crippen LogP contribution is -2.18. The number of ether oxygens (including phenoxy) is 2. The van der Waals surface area contributed by atoms with Crippen molar-refractivity contribution >= 4 is 5.97 Å². The maximum Gasteiger partial charge on any atom is 0.311 e. The summed E-state index contributed by atoms with van der Waals surface area (Å²) < 4.78 is 10.00. The van der Waals surface area contributed by atoms with E-state index in [0.717, 1.165) is 5.56 Å². The molecule has 0 saturated heterocycles. The average Bonchev–Trinajstić information content (AvgIpc) is 2.27. The van der Waals surface area contributed by atoms with Gasteiger partial charge < -0.3 is 9.47 Å². The smallest absolute Gasteiger partial charge is 0.311 e. The number of rotatable bonds is 5. The van der Waals surface area contributed by atoms with Crippen LogP contribution in [0.5, 0.6) is 0 Å². The van der Waals surface area contributed by atoms with Crippen LogP contribution in [0.25, 0.3) is 0 Å². The Balaban J connectivity index is 2.34. The van der Waals surface area contributed by atoms with E-state index in [-0.39, 0.29) is 11.9 Å². The Bertz CT molecular complexity index is 295. The summed E-state index contributed by atoms with van der Waals surface area (Å²) in [5, 5.41) is 0. The molecule has 0 aliphatic carbocycles. The molecule has 0 aliphatic rings. The van der Waals surface area contributed by atoms with Gasteiger partial charge in [-0.2, -0.15) is 0 Å². The molecule has 0 spiro atoms. The van der Waals surface area contributed by atoms with Gasteiger partial charge in [0.25, 0.3) is 0 Å². The zero-order chi connectivity index (χ0) is 11.1. The molecule has 82 valence electrons. The topological polar surface area (TPSA) is 35.5 Å². The number of methoxy groups -OCH3 is 1. The zero-order valence-electron chi connectivity index (χ0n) is 9.10. The lowest BCUT2D eigenvalue weighted by atomic mass is 10.2. The second-order valence-electron chi connectivity index (χ2n) is 3.45. The molecule has 3 nitrogen and oxygen atoms in total. The van der Waals surface area contributed by atoms with Crippen LogP contribution in [0.2, 0.25) is 0 Å². The highest BCUT2D eigenvalue weighted by Crippen LogP contribution is 2.04. The van der Waals surface area contributed by atoms with Crippen molar-refractivity contribution in [3.63, 3.8) is 0 Å². The lowest BCUT2D eigenvalue weighted by molar-refractivity contribution is -0.150. The molecule has 0 aromatic heterocycles. The molecule has 0 saturated carbocycles. The molecule has 1 atom stereocenters. The van der Waals surface area contributed by atoms with Crippen LogP contribution < -0.4 is 0 Å². The van der Waals surface area contributed by atoms with Gasteiger partial charge in [-0.3, -0.25) is 4.79 Å². The standard InChI is InChI=1S/C12H16O3/c1-10(8-14-2)12(13)15-9-11-6-4-3-5-7-11/h3-7,10H,8-9H2,1-2H3/t10-/m0/s1. The van der Waals surface area contributed by atoms with E-state index in [2.05, 4.69) is 0 Å². The van der Waals surface area contributed by atoms with Crippen molar-refractivity contribution in [3.8, 4) is 0 Å². The van der Waals surface area contributed by atoms with E-state index >= 15 is 0 Å². The van der Waals surface area contributed by atoms with Gasteiger partial charge in [0.1, 0.15) is 6.61 Å². The highest BCUT2D eigenvalue weighted by Gasteiger charge is 2.13. The average molecular weight is 208 g/mol. The van der Waals surface area contributed by atoms with E-state index < -0.39 is 0 Å². The molecule has 0 aliphatic heterocycles. The number of carbonyl (C=O) groups excluding carboxylic acids is 1. The van der Waals surface area contributed by atoms with Crippen molar-refractivity contribution < 1.29 is 14.3 Å². The van der Waals surface area contributed by atoms with E-state index in [1.807, 2.05) is 30.3 Å². The van der Waals surface area contributed by atoms with Gasteiger partial charge in [0, 0.05) is 7.11 Å². The van der Waals surface area contributed by atoms with E-state index in [9.17, 15) is 4.79 Å². The molecule has 1 rings (SSSR count). The summed E-state index contributed by atoms with van der Waals surface area (Å²) in [7, 11) is 1.57. The third kappa shape index (κ3) is 4.13. The Hall–Kier alpha value is -1.35. The van der Waals surface area contributed by atoms with Crippen LogP contribution in [0.15, 0.2) is 30.3 Å². The van der Waals surface area contributed by atoms with Crippen molar-refractivity contribution in [3.05, 3.63) is 35.9 Å². The summed E-state index contributed by atoms with van der Waals surface area (Å²) in [6, 6.07) is 9.62. The van der Waals surface area contributed by atoms with Crippen LogP contribution in [-0.2, 0) is 20.9 Å². The third-order valence-corrected chi connectivity index (χ3v) is 2.04. The summed E-state index contributed by atoms with van der Waals surface area (Å²) in [6.07, 6.45) is 0. The van der Waals surface area contributed by atoms with Gasteiger partial charge in [0.2, 0.25) is 0 Å². The molecule has 0 N–H and O–H groups in total. The van der Waals surface area contributed by atoms with Crippen molar-refractivity contribution in [1.29, 1.82) is 0 Å². The molecule has 0 bridgehead atoms. The van der Waals surface area contributed by atoms with Crippen LogP contribution >= 0.6 is 0 Å². The second kappa shape index (κ2) is 6.19. The molecular weight excluding hydrogens is 192 g/mol. The molecule has 3 heteroatoms. The number of hydrogen-bond acceptors (Lipinski definition) is 3. The zero-order valence-corrected chi connectivity index (χ0v) is 9.10. The first-order valence-electron chi connectivity index (χ1n) is 4.93. The molecule has 0 fully saturated rings. The van der Waals surface area contributed by atoms with Crippen molar-refractivity contribution in [2.75, 3.05) is 13.7 Å². The van der Waals surface area contributed by atoms with Crippen molar-refractivity contribution in [2.45, 2.75) is 13.5 Å². The third-order valence-electron chi connectivity index (χ3n) is 2.04. The van der Waals surface area contributed by atoms with Gasteiger partial charge >= 0.3 is 5.97 Å². The molecule has 1 aromatic rings. The molecule has 1 aromatic carbocycles. The first-order valence-corrected chi connectivity index (χ1v) is 4.93. The molecule has 0 amide bonds.